The lowest BCUT2D eigenvalue weighted by Gasteiger charge is -2.22. The first kappa shape index (κ1) is 45.1. The van der Waals surface area contributed by atoms with Crippen molar-refractivity contribution in [1.29, 1.82) is 0 Å². The summed E-state index contributed by atoms with van der Waals surface area (Å²) >= 11 is 0. The highest BCUT2D eigenvalue weighted by molar-refractivity contribution is 6.76. The fourth-order valence-corrected chi connectivity index (χ4v) is 9.31. The normalized spacial score (nSPS) is 14.1. The lowest BCUT2D eigenvalue weighted by Crippen LogP contribution is -2.22. The van der Waals surface area contributed by atoms with E-state index >= 15 is 0 Å². The summed E-state index contributed by atoms with van der Waals surface area (Å²) in [6.45, 7) is 9.34. The van der Waals surface area contributed by atoms with Crippen molar-refractivity contribution < 1.29 is 19.1 Å². The molecule has 0 aliphatic carbocycles. The van der Waals surface area contributed by atoms with Crippen LogP contribution in [0.15, 0.2) is 123 Å². The van der Waals surface area contributed by atoms with Crippen LogP contribution in [0, 0.1) is 0 Å². The SMILES string of the molecule is C[Si](C)(C)CCOCn1nc(C(=O)Cc2cn[nH]c2)c2ccc(-c3cnn(C4CCCCO4)c3)cc21.O=C(Cc1cnn(Cc2cccc3cccnc23)c1)c1n[nH]c2cc(-c3cn[nH]c3)ccc12. The standard InChI is InChI=1S/C26H34N6O3Si.C25H19N7O/c1-36(2,3)11-10-34-18-32-23-13-20(21-16-29-31(17-21)25-6-4-5-9-35-25)7-8-22(23)26(30-32)24(33)12-19-14-27-28-15-19;33-23(25-21-7-6-18(10-22(21)30-31-25)20-12-27-28-13-20)9-16-11-29-32(14-16)15-19-4-1-3-17-5-2-8-26-24(17)19/h7-8,13-17,25H,4-6,9-12,18H2,1-3H3,(H,27,28);1-8,10-14H,9,15H2,(H,27,28)(H,30,31). The Morgan fingerprint density at radius 3 is 2.42 bits per heavy atom. The zero-order chi connectivity index (χ0) is 47.3. The predicted octanol–water partition coefficient (Wildman–Crippen LogP) is 9.23. The van der Waals surface area contributed by atoms with Crippen LogP contribution in [0.2, 0.25) is 25.7 Å². The molecule has 18 heteroatoms. The monoisotopic (exact) mass is 939 g/mol. The van der Waals surface area contributed by atoms with Crippen LogP contribution in [0.4, 0.5) is 0 Å². The van der Waals surface area contributed by atoms with Crippen molar-refractivity contribution >= 4 is 52.3 Å². The molecule has 10 aromatic rings. The number of H-pyrrole nitrogens is 3. The summed E-state index contributed by atoms with van der Waals surface area (Å²) in [6, 6.07) is 23.1. The molecular weight excluding hydrogens is 887 g/mol. The summed E-state index contributed by atoms with van der Waals surface area (Å²) in [7, 11) is -1.20. The minimum atomic E-state index is -1.20. The number of carbonyl (C=O) groups is 2. The topological polar surface area (TPSA) is 205 Å². The molecule has 3 aromatic carbocycles. The number of ketones is 2. The van der Waals surface area contributed by atoms with Crippen LogP contribution >= 0.6 is 0 Å². The van der Waals surface area contributed by atoms with Crippen LogP contribution in [0.1, 0.15) is 63.2 Å². The average molecular weight is 940 g/mol. The van der Waals surface area contributed by atoms with E-state index in [9.17, 15) is 9.59 Å². The minimum absolute atomic E-state index is 0.00586. The van der Waals surface area contributed by atoms with Crippen LogP contribution in [-0.4, -0.2) is 97.8 Å². The molecule has 0 radical (unpaired) electrons. The Bertz CT molecular complexity index is 3350. The first-order valence-electron chi connectivity index (χ1n) is 23.2. The molecule has 1 aliphatic heterocycles. The van der Waals surface area contributed by atoms with Gasteiger partial charge >= 0.3 is 0 Å². The number of hydrogen-bond donors (Lipinski definition) is 3. The maximum absolute atomic E-state index is 13.2. The lowest BCUT2D eigenvalue weighted by molar-refractivity contribution is -0.0394. The molecule has 350 valence electrons. The van der Waals surface area contributed by atoms with E-state index in [1.54, 1.807) is 35.7 Å². The molecule has 11 rings (SSSR count). The summed E-state index contributed by atoms with van der Waals surface area (Å²) in [6.07, 6.45) is 20.0. The third kappa shape index (κ3) is 10.4. The van der Waals surface area contributed by atoms with Crippen LogP contribution in [0.5, 0.6) is 0 Å². The van der Waals surface area contributed by atoms with E-state index in [1.807, 2.05) is 88.7 Å². The van der Waals surface area contributed by atoms with E-state index in [1.165, 1.54) is 0 Å². The van der Waals surface area contributed by atoms with E-state index in [2.05, 4.69) is 77.5 Å². The number of nitrogens with one attached hydrogen (secondary N) is 3. The zero-order valence-corrected chi connectivity index (χ0v) is 39.8. The van der Waals surface area contributed by atoms with E-state index in [0.717, 1.165) is 104 Å². The first-order valence-corrected chi connectivity index (χ1v) is 26.9. The number of aromatic nitrogens is 13. The van der Waals surface area contributed by atoms with Crippen molar-refractivity contribution in [2.75, 3.05) is 13.2 Å². The molecule has 17 nitrogen and oxygen atoms in total. The van der Waals surface area contributed by atoms with Crippen LogP contribution in [0.25, 0.3) is 55.0 Å². The average Bonchev–Trinajstić information content (AvgIpc) is 4.23. The third-order valence-corrected chi connectivity index (χ3v) is 14.0. The number of Topliss-reactive ketones (excluding diaryl/α,β-unsaturated/α-hetero) is 2. The van der Waals surface area contributed by atoms with Crippen LogP contribution in [-0.2, 0) is 35.6 Å². The second kappa shape index (κ2) is 19.9. The number of pyridine rings is 1. The van der Waals surface area contributed by atoms with Gasteiger partial charge in [0.05, 0.1) is 47.9 Å². The number of ether oxygens (including phenoxy) is 2. The Labute approximate surface area is 398 Å². The van der Waals surface area contributed by atoms with Crippen molar-refractivity contribution in [3.63, 3.8) is 0 Å². The van der Waals surface area contributed by atoms with Gasteiger partial charge in [-0.15, -0.1) is 0 Å². The van der Waals surface area contributed by atoms with Gasteiger partial charge in [0.1, 0.15) is 24.3 Å². The number of carbonyl (C=O) groups excluding carboxylic acids is 2. The predicted molar refractivity (Wildman–Crippen MR) is 265 cm³/mol. The van der Waals surface area contributed by atoms with Crippen molar-refractivity contribution in [3.8, 4) is 22.3 Å². The van der Waals surface area contributed by atoms with Crippen molar-refractivity contribution in [1.82, 2.24) is 64.9 Å². The number of nitrogens with zero attached hydrogens (tertiary/aromatic N) is 10. The molecule has 1 atom stereocenters. The van der Waals surface area contributed by atoms with E-state index < -0.39 is 8.07 Å². The summed E-state index contributed by atoms with van der Waals surface area (Å²) in [4.78, 5) is 30.7. The Morgan fingerprint density at radius 2 is 1.61 bits per heavy atom. The fourth-order valence-electron chi connectivity index (χ4n) is 8.55. The van der Waals surface area contributed by atoms with Crippen molar-refractivity contribution in [2.45, 2.75) is 77.3 Å². The van der Waals surface area contributed by atoms with Gasteiger partial charge in [-0.1, -0.05) is 56.0 Å². The summed E-state index contributed by atoms with van der Waals surface area (Å²) in [5, 5.41) is 37.2. The molecule has 1 aliphatic rings. The summed E-state index contributed by atoms with van der Waals surface area (Å²) in [5.41, 5.74) is 10.3. The smallest absolute Gasteiger partial charge is 0.188 e. The lowest BCUT2D eigenvalue weighted by atomic mass is 10.0. The molecule has 0 amide bonds. The second-order valence-electron chi connectivity index (χ2n) is 18.6. The highest BCUT2D eigenvalue weighted by atomic mass is 28.3. The van der Waals surface area contributed by atoms with Gasteiger partial charge < -0.3 is 9.47 Å². The van der Waals surface area contributed by atoms with Gasteiger partial charge in [-0.25, -0.2) is 9.36 Å². The molecule has 3 N–H and O–H groups in total. The zero-order valence-electron chi connectivity index (χ0n) is 38.8. The van der Waals surface area contributed by atoms with Gasteiger partial charge in [0.25, 0.3) is 0 Å². The van der Waals surface area contributed by atoms with Crippen molar-refractivity contribution in [2.24, 2.45) is 0 Å². The minimum Gasteiger partial charge on any atom is -0.360 e. The third-order valence-electron chi connectivity index (χ3n) is 12.3. The molecule has 1 fully saturated rings. The highest BCUT2D eigenvalue weighted by Crippen LogP contribution is 2.30. The second-order valence-corrected chi connectivity index (χ2v) is 24.2. The van der Waals surface area contributed by atoms with Gasteiger partial charge in [0.15, 0.2) is 11.6 Å². The fraction of sp³-hybridized carbons (Fsp3) is 0.275. The molecule has 0 spiro atoms. The van der Waals surface area contributed by atoms with Gasteiger partial charge in [-0.3, -0.25) is 34.6 Å². The molecular formula is C51H53N13O4Si. The van der Waals surface area contributed by atoms with Crippen molar-refractivity contribution in [3.05, 3.63) is 151 Å². The van der Waals surface area contributed by atoms with E-state index in [4.69, 9.17) is 14.6 Å². The molecule has 8 heterocycles. The molecule has 69 heavy (non-hydrogen) atoms. The van der Waals surface area contributed by atoms with Gasteiger partial charge in [-0.2, -0.15) is 30.6 Å². The molecule has 1 unspecified atom stereocenters. The number of benzene rings is 3. The van der Waals surface area contributed by atoms with Crippen LogP contribution in [0.3, 0.4) is 0 Å². The van der Waals surface area contributed by atoms with Gasteiger partial charge in [-0.05, 0) is 83.5 Å². The Morgan fingerprint density at radius 1 is 0.797 bits per heavy atom. The molecule has 7 aromatic heterocycles. The van der Waals surface area contributed by atoms with Gasteiger partial charge in [0, 0.05) is 92.4 Å². The molecule has 1 saturated heterocycles. The summed E-state index contributed by atoms with van der Waals surface area (Å²) < 4.78 is 17.4. The first-order chi connectivity index (χ1) is 33.6. The largest absolute Gasteiger partial charge is 0.360 e. The number of para-hydroxylation sites is 1. The molecule has 0 saturated carbocycles. The maximum atomic E-state index is 13.2. The summed E-state index contributed by atoms with van der Waals surface area (Å²) in [5.74, 6) is -0.0963. The number of aromatic amines is 3. The van der Waals surface area contributed by atoms with E-state index in [-0.39, 0.29) is 30.6 Å². The number of fused-ring (bicyclic) bond motifs is 3. The maximum Gasteiger partial charge on any atom is 0.188 e. The number of hydrogen-bond acceptors (Lipinski definition) is 11. The Kier molecular flexibility index (Phi) is 13.0. The van der Waals surface area contributed by atoms with Crippen LogP contribution < -0.4 is 0 Å². The van der Waals surface area contributed by atoms with Gasteiger partial charge in [0.2, 0.25) is 0 Å². The quantitative estimate of drug-likeness (QED) is 0.0473. The molecule has 0 bridgehead atoms. The van der Waals surface area contributed by atoms with E-state index in [0.29, 0.717) is 31.3 Å². The Hall–Kier alpha value is -7.67. The highest BCUT2D eigenvalue weighted by Gasteiger charge is 2.22. The Balaban J connectivity index is 0.000000161. The number of rotatable bonds is 16.